The number of benzene rings is 1. The number of aromatic nitrogens is 2. The van der Waals surface area contributed by atoms with Crippen LogP contribution in [0.2, 0.25) is 0 Å². The number of para-hydroxylation sites is 1. The predicted octanol–water partition coefficient (Wildman–Crippen LogP) is 1.92. The fourth-order valence-electron chi connectivity index (χ4n) is 2.33. The van der Waals surface area contributed by atoms with Crippen LogP contribution in [0.3, 0.4) is 0 Å². The number of hydrogen-bond acceptors (Lipinski definition) is 4. The van der Waals surface area contributed by atoms with E-state index in [9.17, 15) is 0 Å². The normalized spacial score (nSPS) is 11.5. The summed E-state index contributed by atoms with van der Waals surface area (Å²) < 4.78 is 11.0. The van der Waals surface area contributed by atoms with Crippen LogP contribution in [0.1, 0.15) is 12.2 Å². The molecule has 0 saturated carbocycles. The van der Waals surface area contributed by atoms with Gasteiger partial charge >= 0.3 is 0 Å². The van der Waals surface area contributed by atoms with Crippen molar-refractivity contribution < 1.29 is 14.5 Å². The van der Waals surface area contributed by atoms with Crippen molar-refractivity contribution in [1.29, 1.82) is 0 Å². The minimum absolute atomic E-state index is 0.754. The number of ether oxygens (including phenoxy) is 1. The average Bonchev–Trinajstić information content (AvgIpc) is 2.82. The van der Waals surface area contributed by atoms with Crippen molar-refractivity contribution in [2.45, 2.75) is 13.3 Å². The number of aryl methyl sites for hydroxylation is 1. The van der Waals surface area contributed by atoms with Crippen molar-refractivity contribution in [1.82, 2.24) is 9.97 Å². The van der Waals surface area contributed by atoms with Gasteiger partial charge in [-0.2, -0.15) is 4.98 Å². The van der Waals surface area contributed by atoms with E-state index < -0.39 is 0 Å². The fraction of sp³-hybridized carbons (Fsp3) is 0.333. The lowest BCUT2D eigenvalue weighted by Gasteiger charge is -2.01. The molecule has 0 amide bonds. The van der Waals surface area contributed by atoms with E-state index in [1.165, 1.54) is 0 Å². The van der Waals surface area contributed by atoms with Crippen LogP contribution in [0.5, 0.6) is 0 Å². The van der Waals surface area contributed by atoms with Crippen LogP contribution >= 0.6 is 0 Å². The smallest absolute Gasteiger partial charge is 0.272 e. The molecule has 1 aromatic carbocycles. The van der Waals surface area contributed by atoms with Crippen LogP contribution in [-0.4, -0.2) is 30.2 Å². The highest BCUT2D eigenvalue weighted by Crippen LogP contribution is 2.29. The van der Waals surface area contributed by atoms with E-state index in [-0.39, 0.29) is 0 Å². The second kappa shape index (κ2) is 5.56. The lowest BCUT2D eigenvalue weighted by atomic mass is 10.2. The topological polar surface area (TPSA) is 64.8 Å². The van der Waals surface area contributed by atoms with E-state index in [2.05, 4.69) is 15.3 Å². The molecule has 5 heteroatoms. The van der Waals surface area contributed by atoms with Gasteiger partial charge in [-0.05, 0) is 19.1 Å². The Kier molecular flexibility index (Phi) is 3.62. The van der Waals surface area contributed by atoms with Gasteiger partial charge < -0.3 is 9.15 Å². The SMILES string of the molecule is COCCC[NH2+]c1nc(C)nc2c1oc1ccccc12. The highest BCUT2D eigenvalue weighted by Gasteiger charge is 2.16. The summed E-state index contributed by atoms with van der Waals surface area (Å²) in [4.78, 5) is 9.01. The number of nitrogens with two attached hydrogens (primary N) is 1. The van der Waals surface area contributed by atoms with Crippen LogP contribution in [0.15, 0.2) is 28.7 Å². The van der Waals surface area contributed by atoms with Gasteiger partial charge in [-0.3, -0.25) is 5.32 Å². The average molecular weight is 272 g/mol. The number of quaternary nitrogens is 1. The molecular formula is C15H18N3O2+. The maximum Gasteiger partial charge on any atom is 0.272 e. The standard InChI is InChI=1S/C15H17N3O2/c1-10-17-13-11-6-3-4-7-12(11)20-14(13)15(18-10)16-8-5-9-19-2/h3-4,6-7H,5,8-9H2,1-2H3,(H,16,17,18)/p+1. The molecule has 2 N–H and O–H groups in total. The van der Waals surface area contributed by atoms with Crippen molar-refractivity contribution in [3.63, 3.8) is 0 Å². The van der Waals surface area contributed by atoms with Gasteiger partial charge in [-0.25, -0.2) is 4.98 Å². The van der Waals surface area contributed by atoms with Gasteiger partial charge in [-0.1, -0.05) is 12.1 Å². The number of hydrogen-bond donors (Lipinski definition) is 1. The number of nitrogens with zero attached hydrogens (tertiary/aromatic N) is 2. The Morgan fingerprint density at radius 3 is 2.95 bits per heavy atom. The summed E-state index contributed by atoms with van der Waals surface area (Å²) >= 11 is 0. The van der Waals surface area contributed by atoms with Gasteiger partial charge in [-0.15, -0.1) is 0 Å². The van der Waals surface area contributed by atoms with E-state index in [0.717, 1.165) is 53.3 Å². The zero-order valence-corrected chi connectivity index (χ0v) is 11.7. The summed E-state index contributed by atoms with van der Waals surface area (Å²) in [7, 11) is 1.71. The molecule has 3 aromatic rings. The van der Waals surface area contributed by atoms with Crippen LogP contribution in [0.25, 0.3) is 22.1 Å². The number of fused-ring (bicyclic) bond motifs is 3. The van der Waals surface area contributed by atoms with Crippen LogP contribution < -0.4 is 5.32 Å². The van der Waals surface area contributed by atoms with E-state index in [1.807, 2.05) is 31.2 Å². The minimum Gasteiger partial charge on any atom is -0.446 e. The van der Waals surface area contributed by atoms with E-state index >= 15 is 0 Å². The zero-order chi connectivity index (χ0) is 13.9. The molecule has 0 aliphatic heterocycles. The summed E-state index contributed by atoms with van der Waals surface area (Å²) in [6.07, 6.45) is 0.973. The van der Waals surface area contributed by atoms with Crippen molar-refractivity contribution in [2.75, 3.05) is 20.3 Å². The molecule has 104 valence electrons. The van der Waals surface area contributed by atoms with Crippen LogP contribution in [0, 0.1) is 6.92 Å². The molecule has 0 spiro atoms. The molecule has 3 rings (SSSR count). The second-order valence-electron chi connectivity index (χ2n) is 4.77. The Hall–Kier alpha value is -1.98. The Bertz CT molecular complexity index is 736. The molecule has 0 aliphatic carbocycles. The number of methoxy groups -OCH3 is 1. The van der Waals surface area contributed by atoms with E-state index in [4.69, 9.17) is 9.15 Å². The highest BCUT2D eigenvalue weighted by molar-refractivity contribution is 6.04. The Labute approximate surface area is 117 Å². The zero-order valence-electron chi connectivity index (χ0n) is 11.7. The van der Waals surface area contributed by atoms with Crippen molar-refractivity contribution in [3.8, 4) is 0 Å². The minimum atomic E-state index is 0.754. The third-order valence-corrected chi connectivity index (χ3v) is 3.25. The van der Waals surface area contributed by atoms with Gasteiger partial charge in [0.25, 0.3) is 5.82 Å². The summed E-state index contributed by atoms with van der Waals surface area (Å²) in [6, 6.07) is 7.95. The van der Waals surface area contributed by atoms with Crippen molar-refractivity contribution >= 4 is 27.9 Å². The number of furan rings is 1. The van der Waals surface area contributed by atoms with E-state index in [1.54, 1.807) is 7.11 Å². The largest absolute Gasteiger partial charge is 0.446 e. The quantitative estimate of drug-likeness (QED) is 0.721. The predicted molar refractivity (Wildman–Crippen MR) is 77.0 cm³/mol. The van der Waals surface area contributed by atoms with Gasteiger partial charge in [0.15, 0.2) is 0 Å². The Morgan fingerprint density at radius 1 is 1.25 bits per heavy atom. The van der Waals surface area contributed by atoms with Crippen LogP contribution in [-0.2, 0) is 4.74 Å². The summed E-state index contributed by atoms with van der Waals surface area (Å²) in [5.74, 6) is 1.64. The van der Waals surface area contributed by atoms with Gasteiger partial charge in [0.05, 0.1) is 13.2 Å². The molecule has 0 bridgehead atoms. The Balaban J connectivity index is 2.02. The molecule has 0 unspecified atom stereocenters. The second-order valence-corrected chi connectivity index (χ2v) is 4.77. The first-order chi connectivity index (χ1) is 9.79. The number of rotatable bonds is 5. The molecule has 0 atom stereocenters. The summed E-state index contributed by atoms with van der Waals surface area (Å²) in [5, 5.41) is 3.14. The first-order valence-corrected chi connectivity index (χ1v) is 6.77. The third-order valence-electron chi connectivity index (χ3n) is 3.25. The molecule has 2 aromatic heterocycles. The lowest BCUT2D eigenvalue weighted by molar-refractivity contribution is -0.574. The highest BCUT2D eigenvalue weighted by atomic mass is 16.5. The molecular weight excluding hydrogens is 254 g/mol. The summed E-state index contributed by atoms with van der Waals surface area (Å²) in [6.45, 7) is 3.58. The summed E-state index contributed by atoms with van der Waals surface area (Å²) in [5.41, 5.74) is 2.52. The Morgan fingerprint density at radius 2 is 2.10 bits per heavy atom. The molecule has 0 saturated heterocycles. The van der Waals surface area contributed by atoms with Crippen molar-refractivity contribution in [3.05, 3.63) is 30.1 Å². The molecule has 0 radical (unpaired) electrons. The van der Waals surface area contributed by atoms with Gasteiger partial charge in [0, 0.05) is 18.9 Å². The van der Waals surface area contributed by atoms with E-state index in [0.29, 0.717) is 0 Å². The molecule has 0 fully saturated rings. The fourth-order valence-corrected chi connectivity index (χ4v) is 2.33. The molecule has 0 aliphatic rings. The molecule has 5 nitrogen and oxygen atoms in total. The lowest BCUT2D eigenvalue weighted by Crippen LogP contribution is -2.78. The monoisotopic (exact) mass is 272 g/mol. The first-order valence-electron chi connectivity index (χ1n) is 6.77. The third kappa shape index (κ3) is 2.37. The molecule has 2 heterocycles. The van der Waals surface area contributed by atoms with Gasteiger partial charge in [0.1, 0.15) is 16.9 Å². The molecule has 20 heavy (non-hydrogen) atoms. The maximum absolute atomic E-state index is 5.91. The van der Waals surface area contributed by atoms with Crippen LogP contribution in [0.4, 0.5) is 5.82 Å². The van der Waals surface area contributed by atoms with Gasteiger partial charge in [0.2, 0.25) is 5.58 Å². The maximum atomic E-state index is 5.91. The van der Waals surface area contributed by atoms with Crippen molar-refractivity contribution in [2.24, 2.45) is 0 Å². The first kappa shape index (κ1) is 13.0.